The van der Waals surface area contributed by atoms with E-state index >= 15 is 0 Å². The maximum absolute atomic E-state index is 11.9. The molecule has 0 aromatic rings. The first-order chi connectivity index (χ1) is 8.25. The van der Waals surface area contributed by atoms with Crippen molar-refractivity contribution in [3.8, 4) is 0 Å². The fourth-order valence-corrected chi connectivity index (χ4v) is 3.22. The third kappa shape index (κ3) is 3.98. The maximum atomic E-state index is 11.9. The molecule has 17 heavy (non-hydrogen) atoms. The minimum absolute atomic E-state index is 0.261. The predicted molar refractivity (Wildman–Crippen MR) is 69.8 cm³/mol. The number of hydrogen-bond donors (Lipinski definition) is 2. The Hall–Kier alpha value is -0.570. The average Bonchev–Trinajstić information content (AvgIpc) is 2.82. The molecule has 2 aliphatic rings. The van der Waals surface area contributed by atoms with Crippen LogP contribution in [0.5, 0.6) is 0 Å². The first-order valence-electron chi connectivity index (χ1n) is 7.26. The molecule has 3 heteroatoms. The molecule has 1 aliphatic heterocycles. The van der Waals surface area contributed by atoms with Crippen molar-refractivity contribution < 1.29 is 4.79 Å². The van der Waals surface area contributed by atoms with E-state index in [-0.39, 0.29) is 5.91 Å². The summed E-state index contributed by atoms with van der Waals surface area (Å²) in [6.45, 7) is 4.28. The molecule has 0 bridgehead atoms. The highest BCUT2D eigenvalue weighted by atomic mass is 16.1. The van der Waals surface area contributed by atoms with Gasteiger partial charge in [0.2, 0.25) is 5.91 Å². The summed E-state index contributed by atoms with van der Waals surface area (Å²) < 4.78 is 0. The largest absolute Gasteiger partial charge is 0.353 e. The van der Waals surface area contributed by atoms with Gasteiger partial charge in [-0.2, -0.15) is 0 Å². The molecule has 1 saturated heterocycles. The van der Waals surface area contributed by atoms with Crippen molar-refractivity contribution in [3.63, 3.8) is 0 Å². The number of nitrogens with one attached hydrogen (secondary N) is 2. The molecular formula is C14H26N2O. The quantitative estimate of drug-likeness (QED) is 0.787. The lowest BCUT2D eigenvalue weighted by atomic mass is 9.84. The molecule has 1 unspecified atom stereocenters. The van der Waals surface area contributed by atoms with Crippen molar-refractivity contribution in [1.82, 2.24) is 10.6 Å². The van der Waals surface area contributed by atoms with Crippen molar-refractivity contribution >= 4 is 5.91 Å². The summed E-state index contributed by atoms with van der Waals surface area (Å²) in [4.78, 5) is 11.9. The Morgan fingerprint density at radius 1 is 1.29 bits per heavy atom. The van der Waals surface area contributed by atoms with E-state index in [0.717, 1.165) is 25.4 Å². The second-order valence-electron chi connectivity index (χ2n) is 5.82. The van der Waals surface area contributed by atoms with Gasteiger partial charge >= 0.3 is 0 Å². The van der Waals surface area contributed by atoms with Crippen molar-refractivity contribution in [1.29, 1.82) is 0 Å². The third-order valence-corrected chi connectivity index (χ3v) is 4.38. The lowest BCUT2D eigenvalue weighted by Crippen LogP contribution is -2.39. The number of carbonyl (C=O) groups is 1. The average molecular weight is 238 g/mol. The zero-order chi connectivity index (χ0) is 12.1. The van der Waals surface area contributed by atoms with Crippen LogP contribution in [-0.2, 0) is 4.79 Å². The predicted octanol–water partition coefficient (Wildman–Crippen LogP) is 2.07. The third-order valence-electron chi connectivity index (χ3n) is 4.38. The zero-order valence-corrected chi connectivity index (χ0v) is 11.0. The molecule has 2 N–H and O–H groups in total. The number of amides is 1. The number of rotatable bonds is 4. The molecule has 0 spiro atoms. The molecule has 2 fully saturated rings. The molecule has 1 saturated carbocycles. The van der Waals surface area contributed by atoms with Gasteiger partial charge in [-0.15, -0.1) is 0 Å². The lowest BCUT2D eigenvalue weighted by Gasteiger charge is -2.28. The molecular weight excluding hydrogens is 212 g/mol. The first kappa shape index (κ1) is 12.9. The minimum atomic E-state index is 0.261. The molecule has 0 aromatic carbocycles. The fourth-order valence-electron chi connectivity index (χ4n) is 3.22. The van der Waals surface area contributed by atoms with Gasteiger partial charge in [0.05, 0.1) is 0 Å². The van der Waals surface area contributed by atoms with E-state index in [1.54, 1.807) is 0 Å². The molecule has 1 heterocycles. The van der Waals surface area contributed by atoms with Gasteiger partial charge in [-0.1, -0.05) is 19.3 Å². The van der Waals surface area contributed by atoms with Crippen LogP contribution in [0.1, 0.15) is 51.9 Å². The highest BCUT2D eigenvalue weighted by Gasteiger charge is 2.23. The molecule has 0 aromatic heterocycles. The summed E-state index contributed by atoms with van der Waals surface area (Å²) >= 11 is 0. The van der Waals surface area contributed by atoms with E-state index in [9.17, 15) is 4.79 Å². The normalized spacial score (nSPS) is 27.9. The molecule has 2 atom stereocenters. The SMILES string of the molecule is C[C@H](NC(=O)CC1CCNC1)C1CCCCC1. The van der Waals surface area contributed by atoms with Gasteiger partial charge in [0, 0.05) is 12.5 Å². The standard InChI is InChI=1S/C14H26N2O/c1-11(13-5-3-2-4-6-13)16-14(17)9-12-7-8-15-10-12/h11-13,15H,2-10H2,1H3,(H,16,17)/t11-,12?/m0/s1. The Bertz CT molecular complexity index is 243. The van der Waals surface area contributed by atoms with Crippen LogP contribution in [0.4, 0.5) is 0 Å². The first-order valence-corrected chi connectivity index (χ1v) is 7.26. The molecule has 3 nitrogen and oxygen atoms in total. The van der Waals surface area contributed by atoms with E-state index in [2.05, 4.69) is 17.6 Å². The van der Waals surface area contributed by atoms with Crippen LogP contribution >= 0.6 is 0 Å². The van der Waals surface area contributed by atoms with Gasteiger partial charge in [-0.05, 0) is 51.1 Å². The second-order valence-corrected chi connectivity index (χ2v) is 5.82. The summed E-state index contributed by atoms with van der Waals surface area (Å²) in [5.41, 5.74) is 0. The van der Waals surface area contributed by atoms with Gasteiger partial charge in [-0.3, -0.25) is 4.79 Å². The van der Waals surface area contributed by atoms with E-state index in [0.29, 0.717) is 18.4 Å². The smallest absolute Gasteiger partial charge is 0.220 e. The Balaban J connectivity index is 1.69. The molecule has 0 radical (unpaired) electrons. The monoisotopic (exact) mass is 238 g/mol. The maximum Gasteiger partial charge on any atom is 0.220 e. The highest BCUT2D eigenvalue weighted by Crippen LogP contribution is 2.26. The Kier molecular flexibility index (Phi) is 4.84. The van der Waals surface area contributed by atoms with Crippen LogP contribution in [0.25, 0.3) is 0 Å². The van der Waals surface area contributed by atoms with Crippen LogP contribution in [0.3, 0.4) is 0 Å². The summed E-state index contributed by atoms with van der Waals surface area (Å²) in [5.74, 6) is 1.54. The lowest BCUT2D eigenvalue weighted by molar-refractivity contribution is -0.122. The van der Waals surface area contributed by atoms with Crippen molar-refractivity contribution in [2.45, 2.75) is 57.9 Å². The molecule has 1 amide bonds. The topological polar surface area (TPSA) is 41.1 Å². The summed E-state index contributed by atoms with van der Waals surface area (Å²) in [6.07, 6.45) is 8.54. The van der Waals surface area contributed by atoms with E-state index in [4.69, 9.17) is 0 Å². The number of carbonyl (C=O) groups excluding carboxylic acids is 1. The second kappa shape index (κ2) is 6.39. The molecule has 2 rings (SSSR count). The van der Waals surface area contributed by atoms with Crippen LogP contribution in [0.15, 0.2) is 0 Å². The Labute approximate surface area is 105 Å². The molecule has 1 aliphatic carbocycles. The van der Waals surface area contributed by atoms with Gasteiger partial charge in [0.25, 0.3) is 0 Å². The van der Waals surface area contributed by atoms with Gasteiger partial charge < -0.3 is 10.6 Å². The van der Waals surface area contributed by atoms with Gasteiger partial charge in [-0.25, -0.2) is 0 Å². The summed E-state index contributed by atoms with van der Waals surface area (Å²) in [7, 11) is 0. The van der Waals surface area contributed by atoms with Crippen LogP contribution in [0, 0.1) is 11.8 Å². The van der Waals surface area contributed by atoms with E-state index in [1.165, 1.54) is 32.1 Å². The summed E-state index contributed by atoms with van der Waals surface area (Å²) in [5, 5.41) is 6.52. The van der Waals surface area contributed by atoms with Gasteiger partial charge in [0.15, 0.2) is 0 Å². The van der Waals surface area contributed by atoms with Crippen molar-refractivity contribution in [2.75, 3.05) is 13.1 Å². The van der Waals surface area contributed by atoms with Crippen molar-refractivity contribution in [2.24, 2.45) is 11.8 Å². The van der Waals surface area contributed by atoms with Gasteiger partial charge in [0.1, 0.15) is 0 Å². The number of hydrogen-bond acceptors (Lipinski definition) is 2. The molecule has 98 valence electrons. The minimum Gasteiger partial charge on any atom is -0.353 e. The van der Waals surface area contributed by atoms with Crippen molar-refractivity contribution in [3.05, 3.63) is 0 Å². The van der Waals surface area contributed by atoms with E-state index < -0.39 is 0 Å². The van der Waals surface area contributed by atoms with Crippen LogP contribution < -0.4 is 10.6 Å². The Morgan fingerprint density at radius 3 is 2.71 bits per heavy atom. The van der Waals surface area contributed by atoms with Crippen LogP contribution in [-0.4, -0.2) is 25.0 Å². The zero-order valence-electron chi connectivity index (χ0n) is 11.0. The fraction of sp³-hybridized carbons (Fsp3) is 0.929. The Morgan fingerprint density at radius 2 is 2.06 bits per heavy atom. The summed E-state index contributed by atoms with van der Waals surface area (Å²) in [6, 6.07) is 0.372. The highest BCUT2D eigenvalue weighted by molar-refractivity contribution is 5.76. The van der Waals surface area contributed by atoms with Crippen LogP contribution in [0.2, 0.25) is 0 Å². The van der Waals surface area contributed by atoms with E-state index in [1.807, 2.05) is 0 Å².